The van der Waals surface area contributed by atoms with E-state index in [-0.39, 0.29) is 53.8 Å². The molecular weight excluding hydrogens is 961 g/mol. The van der Waals surface area contributed by atoms with Crippen LogP contribution in [0.1, 0.15) is 64.8 Å². The Bertz CT molecular complexity index is 3420. The highest BCUT2D eigenvalue weighted by Crippen LogP contribution is 2.39. The fourth-order valence-electron chi connectivity index (χ4n) is 10.8. The summed E-state index contributed by atoms with van der Waals surface area (Å²) >= 11 is 2.93. The number of nitrogens with one attached hydrogen (secondary N) is 4. The summed E-state index contributed by atoms with van der Waals surface area (Å²) in [7, 11) is 0. The Morgan fingerprint density at radius 1 is 0.611 bits per heavy atom. The molecule has 6 aliphatic heterocycles. The molecule has 0 unspecified atom stereocenters. The summed E-state index contributed by atoms with van der Waals surface area (Å²) < 4.78 is 20.8. The fraction of sp³-hybridized carbons (Fsp3) is 0.327. The Labute approximate surface area is 419 Å². The first-order chi connectivity index (χ1) is 35.0. The number of anilines is 4. The molecule has 4 atom stereocenters. The Morgan fingerprint density at radius 3 is 1.68 bits per heavy atom. The molecule has 0 radical (unpaired) electrons. The molecule has 12 rings (SSSR count). The van der Waals surface area contributed by atoms with Crippen molar-refractivity contribution in [3.8, 4) is 0 Å². The molecule has 8 heterocycles. The maximum atomic E-state index is 13.9. The average Bonchev–Trinajstić information content (AvgIpc) is 4.16. The predicted molar refractivity (Wildman–Crippen MR) is 272 cm³/mol. The number of amides is 4. The third-order valence-electron chi connectivity index (χ3n) is 14.3. The van der Waals surface area contributed by atoms with Crippen LogP contribution in [0.2, 0.25) is 0 Å². The molecule has 4 amide bonds. The quantitative estimate of drug-likeness (QED) is 0.0482. The SMILES string of the molecule is O=C1CSc2ccc(N3C[C@H](CCCN[C@H]4Cn5c(=O)ccc6c(COC(=O)c7ccc8c9c7ccc(=O)n9C[C@@H]8NCCC[C@H]7CN(c8ccc9c(c8)NC(=O)CS9)C(=O)O7)ccc4c65)OC3=O)cc2N1. The monoisotopic (exact) mass is 1010 g/mol. The second kappa shape index (κ2) is 18.8. The van der Waals surface area contributed by atoms with Crippen LogP contribution < -0.4 is 42.2 Å². The zero-order valence-corrected chi connectivity index (χ0v) is 40.4. The molecule has 6 aromatic rings. The maximum Gasteiger partial charge on any atom is 0.414 e. The van der Waals surface area contributed by atoms with Gasteiger partial charge in [-0.2, -0.15) is 0 Å². The molecule has 0 aliphatic carbocycles. The van der Waals surface area contributed by atoms with Crippen molar-refractivity contribution < 1.29 is 38.2 Å². The molecule has 6 aliphatic rings. The van der Waals surface area contributed by atoms with E-state index in [1.165, 1.54) is 35.7 Å². The number of ether oxygens (including phenoxy) is 3. The van der Waals surface area contributed by atoms with Crippen LogP contribution in [0, 0.1) is 0 Å². The normalized spacial score (nSPS) is 20.7. The van der Waals surface area contributed by atoms with Gasteiger partial charge in [-0.3, -0.25) is 29.0 Å². The van der Waals surface area contributed by atoms with Gasteiger partial charge in [-0.1, -0.05) is 18.2 Å². The first-order valence-corrected chi connectivity index (χ1v) is 26.1. The highest BCUT2D eigenvalue weighted by atomic mass is 32.2. The van der Waals surface area contributed by atoms with Crippen LogP contribution in [0.3, 0.4) is 0 Å². The number of rotatable bonds is 15. The topological polar surface area (TPSA) is 212 Å². The second-order valence-corrected chi connectivity index (χ2v) is 20.8. The van der Waals surface area contributed by atoms with Crippen LogP contribution >= 0.6 is 23.5 Å². The molecule has 18 nitrogen and oxygen atoms in total. The summed E-state index contributed by atoms with van der Waals surface area (Å²) in [5.41, 5.74) is 6.90. The lowest BCUT2D eigenvalue weighted by molar-refractivity contribution is -0.114. The Hall–Kier alpha value is -7.13. The highest BCUT2D eigenvalue weighted by Gasteiger charge is 2.35. The van der Waals surface area contributed by atoms with E-state index in [0.717, 1.165) is 43.8 Å². The zero-order chi connectivity index (χ0) is 49.2. The number of hydrogen-bond acceptors (Lipinski definition) is 14. The summed E-state index contributed by atoms with van der Waals surface area (Å²) in [5.74, 6) is 0.0535. The number of carbonyl (C=O) groups is 5. The van der Waals surface area contributed by atoms with E-state index in [9.17, 15) is 33.6 Å². The van der Waals surface area contributed by atoms with Crippen molar-refractivity contribution in [3.63, 3.8) is 0 Å². The van der Waals surface area contributed by atoms with Crippen molar-refractivity contribution in [2.45, 2.75) is 79.5 Å². The van der Waals surface area contributed by atoms with E-state index in [2.05, 4.69) is 21.3 Å². The van der Waals surface area contributed by atoms with E-state index in [1.807, 2.05) is 54.6 Å². The van der Waals surface area contributed by atoms with Crippen LogP contribution in [0.15, 0.2) is 104 Å². The molecule has 2 saturated heterocycles. The van der Waals surface area contributed by atoms with E-state index < -0.39 is 18.2 Å². The van der Waals surface area contributed by atoms with Crippen LogP contribution in [0.5, 0.6) is 0 Å². The van der Waals surface area contributed by atoms with E-state index in [0.29, 0.717) is 109 Å². The Kier molecular flexibility index (Phi) is 12.0. The van der Waals surface area contributed by atoms with Crippen molar-refractivity contribution in [2.24, 2.45) is 0 Å². The molecule has 2 aromatic heterocycles. The number of hydrogen-bond donors (Lipinski definition) is 4. The van der Waals surface area contributed by atoms with Gasteiger partial charge in [0.2, 0.25) is 11.8 Å². The van der Waals surface area contributed by atoms with Gasteiger partial charge in [-0.05, 0) is 110 Å². The molecule has 4 N–H and O–H groups in total. The molecule has 4 aromatic carbocycles. The summed E-state index contributed by atoms with van der Waals surface area (Å²) in [6.07, 6.45) is 1.28. The molecular formula is C52H48N8O10S2. The number of pyridine rings is 2. The van der Waals surface area contributed by atoms with Crippen molar-refractivity contribution in [1.82, 2.24) is 19.8 Å². The van der Waals surface area contributed by atoms with Gasteiger partial charge in [0.1, 0.15) is 18.8 Å². The molecule has 0 saturated carbocycles. The maximum absolute atomic E-state index is 13.9. The lowest BCUT2D eigenvalue weighted by Crippen LogP contribution is -2.27. The lowest BCUT2D eigenvalue weighted by Gasteiger charge is -2.20. The minimum Gasteiger partial charge on any atom is -0.457 e. The van der Waals surface area contributed by atoms with Crippen molar-refractivity contribution in [1.29, 1.82) is 0 Å². The number of benzene rings is 4. The van der Waals surface area contributed by atoms with Gasteiger partial charge in [-0.15, -0.1) is 23.5 Å². The molecule has 0 spiro atoms. The molecule has 368 valence electrons. The minimum absolute atomic E-state index is 0.0338. The molecule has 20 heteroatoms. The molecule has 0 bridgehead atoms. The van der Waals surface area contributed by atoms with Crippen LogP contribution in [-0.2, 0) is 43.5 Å². The largest absolute Gasteiger partial charge is 0.457 e. The fourth-order valence-corrected chi connectivity index (χ4v) is 12.4. The van der Waals surface area contributed by atoms with Gasteiger partial charge in [0, 0.05) is 57.2 Å². The van der Waals surface area contributed by atoms with Crippen molar-refractivity contribution in [3.05, 3.63) is 128 Å². The summed E-state index contributed by atoms with van der Waals surface area (Å²) in [6, 6.07) is 24.9. The highest BCUT2D eigenvalue weighted by molar-refractivity contribution is 8.00. The van der Waals surface area contributed by atoms with Gasteiger partial charge in [-0.25, -0.2) is 14.4 Å². The van der Waals surface area contributed by atoms with E-state index in [4.69, 9.17) is 14.2 Å². The molecule has 2 fully saturated rings. The van der Waals surface area contributed by atoms with Gasteiger partial charge >= 0.3 is 18.2 Å². The number of cyclic esters (lactones) is 2. The van der Waals surface area contributed by atoms with E-state index >= 15 is 0 Å². The number of esters is 1. The third-order valence-corrected chi connectivity index (χ3v) is 16.4. The summed E-state index contributed by atoms with van der Waals surface area (Å²) in [5, 5.41) is 14.4. The van der Waals surface area contributed by atoms with Crippen LogP contribution in [-0.4, -0.2) is 89.0 Å². The Morgan fingerprint density at radius 2 is 1.12 bits per heavy atom. The Balaban J connectivity index is 0.650. The number of aromatic nitrogens is 2. The van der Waals surface area contributed by atoms with Crippen molar-refractivity contribution >= 4 is 98.0 Å². The van der Waals surface area contributed by atoms with Gasteiger partial charge in [0.05, 0.1) is 64.7 Å². The molecule has 72 heavy (non-hydrogen) atoms. The minimum atomic E-state index is -0.534. The zero-order valence-electron chi connectivity index (χ0n) is 38.8. The standard InChI is InChI=1S/C52H48N8O10S2/c61-44-26-71-42-13-6-29(19-38(42)55-44)57-21-31(69-51(57)66)3-1-17-53-40-23-59-46(63)15-11-33-28(5-8-36(40)48(33)59)25-68-50(65)35-9-10-37-41(24-60-47(64)16-12-34(35)49(37)60)54-18-2-4-32-22-58(52(67)70-32)30-7-14-43-39(20-30)56-45(62)27-72-43/h5-16,19-20,31-32,40-41,53-54H,1-4,17-18,21-27H2,(H,55,61)(H,56,62)/t31-,32-,40-,41-/m0/s1. The number of nitrogens with zero attached hydrogens (tertiary/aromatic N) is 4. The smallest absolute Gasteiger partial charge is 0.414 e. The summed E-state index contributed by atoms with van der Waals surface area (Å²) in [4.78, 5) is 94.9. The van der Waals surface area contributed by atoms with Crippen LogP contribution in [0.25, 0.3) is 21.8 Å². The average molecular weight is 1010 g/mol. The van der Waals surface area contributed by atoms with Gasteiger partial charge < -0.3 is 44.6 Å². The lowest BCUT2D eigenvalue weighted by atomic mass is 10.0. The van der Waals surface area contributed by atoms with Gasteiger partial charge in [0.15, 0.2) is 0 Å². The second-order valence-electron chi connectivity index (χ2n) is 18.7. The first-order valence-electron chi connectivity index (χ1n) is 24.1. The first kappa shape index (κ1) is 46.0. The van der Waals surface area contributed by atoms with Gasteiger partial charge in [0.25, 0.3) is 11.1 Å². The van der Waals surface area contributed by atoms with E-state index in [1.54, 1.807) is 37.1 Å². The van der Waals surface area contributed by atoms with Crippen LogP contribution in [0.4, 0.5) is 32.3 Å². The number of fused-ring (bicyclic) bond motifs is 2. The number of thioether (sulfide) groups is 2. The summed E-state index contributed by atoms with van der Waals surface area (Å²) in [6.45, 7) is 2.84. The third kappa shape index (κ3) is 8.54. The number of carbonyl (C=O) groups excluding carboxylic acids is 5. The van der Waals surface area contributed by atoms with Crippen molar-refractivity contribution in [2.75, 3.05) is 58.1 Å². The predicted octanol–water partition coefficient (Wildman–Crippen LogP) is 6.66.